The van der Waals surface area contributed by atoms with Gasteiger partial charge < -0.3 is 10.0 Å². The lowest BCUT2D eigenvalue weighted by Crippen LogP contribution is -2.10. The molecule has 0 aliphatic heterocycles. The van der Waals surface area contributed by atoms with E-state index in [2.05, 4.69) is 22.0 Å². The molecule has 2 aromatic carbocycles. The maximum absolute atomic E-state index is 10.8. The van der Waals surface area contributed by atoms with E-state index in [1.807, 2.05) is 31.0 Å². The zero-order valence-electron chi connectivity index (χ0n) is 10.7. The van der Waals surface area contributed by atoms with Gasteiger partial charge in [0.15, 0.2) is 0 Å². The number of nitrogens with zero attached hydrogens (tertiary/aromatic N) is 1. The Hall–Kier alpha value is -1.81. The Balaban J connectivity index is 2.33. The topological polar surface area (TPSA) is 40.5 Å². The van der Waals surface area contributed by atoms with Gasteiger partial charge in [-0.05, 0) is 64.8 Å². The molecular formula is C15H14BrNO2. The van der Waals surface area contributed by atoms with E-state index in [0.29, 0.717) is 5.56 Å². The monoisotopic (exact) mass is 319 g/mol. The molecule has 0 aliphatic carbocycles. The SMILES string of the molecule is Cc1ccc(N(C)c2ccc(C(=O)O)cc2)c(Br)c1. The number of benzene rings is 2. The highest BCUT2D eigenvalue weighted by Gasteiger charge is 2.09. The van der Waals surface area contributed by atoms with Crippen LogP contribution in [0, 0.1) is 6.92 Å². The van der Waals surface area contributed by atoms with Crippen molar-refractivity contribution in [2.75, 3.05) is 11.9 Å². The van der Waals surface area contributed by atoms with E-state index in [-0.39, 0.29) is 0 Å². The molecule has 0 fully saturated rings. The van der Waals surface area contributed by atoms with Gasteiger partial charge in [-0.25, -0.2) is 4.79 Å². The molecule has 0 unspecified atom stereocenters. The van der Waals surface area contributed by atoms with Crippen LogP contribution in [0.3, 0.4) is 0 Å². The molecular weight excluding hydrogens is 306 g/mol. The number of carboxylic acids is 1. The van der Waals surface area contributed by atoms with Gasteiger partial charge in [0.1, 0.15) is 0 Å². The van der Waals surface area contributed by atoms with Crippen molar-refractivity contribution in [3.05, 3.63) is 58.1 Å². The summed E-state index contributed by atoms with van der Waals surface area (Å²) in [4.78, 5) is 12.8. The fourth-order valence-corrected chi connectivity index (χ4v) is 2.61. The predicted octanol–water partition coefficient (Wildman–Crippen LogP) is 4.22. The van der Waals surface area contributed by atoms with Gasteiger partial charge >= 0.3 is 5.97 Å². The number of halogens is 1. The minimum Gasteiger partial charge on any atom is -0.478 e. The second-order valence-electron chi connectivity index (χ2n) is 4.37. The number of hydrogen-bond acceptors (Lipinski definition) is 2. The molecule has 19 heavy (non-hydrogen) atoms. The third kappa shape index (κ3) is 2.96. The Morgan fingerprint density at radius 2 is 1.79 bits per heavy atom. The minimum atomic E-state index is -0.911. The summed E-state index contributed by atoms with van der Waals surface area (Å²) in [5.74, 6) is -0.911. The molecule has 0 amide bonds. The fourth-order valence-electron chi connectivity index (χ4n) is 1.85. The van der Waals surface area contributed by atoms with Crippen LogP contribution in [0.25, 0.3) is 0 Å². The van der Waals surface area contributed by atoms with Gasteiger partial charge in [0, 0.05) is 17.2 Å². The lowest BCUT2D eigenvalue weighted by atomic mass is 10.1. The summed E-state index contributed by atoms with van der Waals surface area (Å²) >= 11 is 3.55. The van der Waals surface area contributed by atoms with Crippen molar-refractivity contribution < 1.29 is 9.90 Å². The first kappa shape index (κ1) is 13.6. The van der Waals surface area contributed by atoms with Gasteiger partial charge in [0.05, 0.1) is 11.3 Å². The number of rotatable bonds is 3. The zero-order chi connectivity index (χ0) is 14.0. The quantitative estimate of drug-likeness (QED) is 0.920. The third-order valence-corrected chi connectivity index (χ3v) is 3.60. The van der Waals surface area contributed by atoms with Crippen LogP contribution in [0.5, 0.6) is 0 Å². The van der Waals surface area contributed by atoms with E-state index in [0.717, 1.165) is 15.8 Å². The van der Waals surface area contributed by atoms with Gasteiger partial charge in [-0.2, -0.15) is 0 Å². The molecule has 1 N–H and O–H groups in total. The van der Waals surface area contributed by atoms with E-state index in [1.54, 1.807) is 24.3 Å². The third-order valence-electron chi connectivity index (χ3n) is 2.97. The first-order valence-electron chi connectivity index (χ1n) is 5.82. The van der Waals surface area contributed by atoms with Crippen molar-refractivity contribution in [2.24, 2.45) is 0 Å². The van der Waals surface area contributed by atoms with Crippen molar-refractivity contribution in [1.82, 2.24) is 0 Å². The molecule has 0 atom stereocenters. The first-order chi connectivity index (χ1) is 8.99. The number of hydrogen-bond donors (Lipinski definition) is 1. The van der Waals surface area contributed by atoms with Crippen LogP contribution in [0.4, 0.5) is 11.4 Å². The van der Waals surface area contributed by atoms with E-state index < -0.39 is 5.97 Å². The van der Waals surface area contributed by atoms with Crippen LogP contribution < -0.4 is 4.90 Å². The Labute approximate surface area is 120 Å². The average molecular weight is 320 g/mol. The largest absolute Gasteiger partial charge is 0.478 e. The van der Waals surface area contributed by atoms with E-state index >= 15 is 0 Å². The Kier molecular flexibility index (Phi) is 3.90. The van der Waals surface area contributed by atoms with Gasteiger partial charge in [-0.1, -0.05) is 6.07 Å². The molecule has 0 radical (unpaired) electrons. The van der Waals surface area contributed by atoms with Gasteiger partial charge in [-0.3, -0.25) is 0 Å². The molecule has 0 spiro atoms. The molecule has 2 aromatic rings. The average Bonchev–Trinajstić information content (AvgIpc) is 2.38. The van der Waals surface area contributed by atoms with Crippen LogP contribution in [0.15, 0.2) is 46.9 Å². The summed E-state index contributed by atoms with van der Waals surface area (Å²) in [6.45, 7) is 2.04. The molecule has 4 heteroatoms. The van der Waals surface area contributed by atoms with Crippen LogP contribution in [-0.4, -0.2) is 18.1 Å². The Morgan fingerprint density at radius 1 is 1.16 bits per heavy atom. The van der Waals surface area contributed by atoms with Crippen molar-refractivity contribution in [3.8, 4) is 0 Å². The van der Waals surface area contributed by atoms with Crippen LogP contribution >= 0.6 is 15.9 Å². The van der Waals surface area contributed by atoms with Crippen molar-refractivity contribution in [3.63, 3.8) is 0 Å². The molecule has 2 rings (SSSR count). The van der Waals surface area contributed by atoms with E-state index in [1.165, 1.54) is 5.56 Å². The number of carboxylic acid groups (broad SMARTS) is 1. The maximum Gasteiger partial charge on any atom is 0.335 e. The summed E-state index contributed by atoms with van der Waals surface area (Å²) in [5.41, 5.74) is 3.45. The number of aryl methyl sites for hydroxylation is 1. The molecule has 0 bridgehead atoms. The lowest BCUT2D eigenvalue weighted by Gasteiger charge is -2.21. The fraction of sp³-hybridized carbons (Fsp3) is 0.133. The summed E-state index contributed by atoms with van der Waals surface area (Å²) in [5, 5.41) is 8.88. The summed E-state index contributed by atoms with van der Waals surface area (Å²) < 4.78 is 1.01. The van der Waals surface area contributed by atoms with Gasteiger partial charge in [-0.15, -0.1) is 0 Å². The van der Waals surface area contributed by atoms with Gasteiger partial charge in [0.25, 0.3) is 0 Å². The van der Waals surface area contributed by atoms with Crippen LogP contribution in [0.1, 0.15) is 15.9 Å². The Bertz CT molecular complexity index is 608. The molecule has 0 heterocycles. The summed E-state index contributed by atoms with van der Waals surface area (Å²) in [6.07, 6.45) is 0. The predicted molar refractivity (Wildman–Crippen MR) is 80.3 cm³/mol. The molecule has 0 saturated heterocycles. The number of anilines is 2. The van der Waals surface area contributed by atoms with Crippen molar-refractivity contribution in [1.29, 1.82) is 0 Å². The minimum absolute atomic E-state index is 0.292. The molecule has 0 saturated carbocycles. The van der Waals surface area contributed by atoms with Crippen molar-refractivity contribution >= 4 is 33.3 Å². The smallest absolute Gasteiger partial charge is 0.335 e. The van der Waals surface area contributed by atoms with Gasteiger partial charge in [0.2, 0.25) is 0 Å². The highest BCUT2D eigenvalue weighted by Crippen LogP contribution is 2.31. The van der Waals surface area contributed by atoms with E-state index in [4.69, 9.17) is 5.11 Å². The Morgan fingerprint density at radius 3 is 2.32 bits per heavy atom. The summed E-state index contributed by atoms with van der Waals surface area (Å²) in [7, 11) is 1.95. The second-order valence-corrected chi connectivity index (χ2v) is 5.22. The zero-order valence-corrected chi connectivity index (χ0v) is 12.3. The first-order valence-corrected chi connectivity index (χ1v) is 6.61. The maximum atomic E-state index is 10.8. The molecule has 3 nitrogen and oxygen atoms in total. The molecule has 0 aliphatic rings. The number of aromatic carboxylic acids is 1. The highest BCUT2D eigenvalue weighted by molar-refractivity contribution is 9.10. The van der Waals surface area contributed by atoms with Crippen LogP contribution in [0.2, 0.25) is 0 Å². The lowest BCUT2D eigenvalue weighted by molar-refractivity contribution is 0.0697. The number of carbonyl (C=O) groups is 1. The van der Waals surface area contributed by atoms with E-state index in [9.17, 15) is 4.79 Å². The van der Waals surface area contributed by atoms with Crippen molar-refractivity contribution in [2.45, 2.75) is 6.92 Å². The van der Waals surface area contributed by atoms with Crippen LogP contribution in [-0.2, 0) is 0 Å². The second kappa shape index (κ2) is 5.45. The standard InChI is InChI=1S/C15H14BrNO2/c1-10-3-8-14(13(16)9-10)17(2)12-6-4-11(5-7-12)15(18)19/h3-9H,1-2H3,(H,18,19). The summed E-state index contributed by atoms with van der Waals surface area (Å²) in [6, 6.07) is 12.9. The molecule has 0 aromatic heterocycles. The molecule has 98 valence electrons. The highest BCUT2D eigenvalue weighted by atomic mass is 79.9. The normalized spacial score (nSPS) is 10.3.